The Bertz CT molecular complexity index is 682. The summed E-state index contributed by atoms with van der Waals surface area (Å²) in [6, 6.07) is 21.1. The Labute approximate surface area is 176 Å². The summed E-state index contributed by atoms with van der Waals surface area (Å²) in [6.07, 6.45) is 0. The molecule has 158 valence electrons. The first kappa shape index (κ1) is 23.1. The van der Waals surface area contributed by atoms with E-state index in [1.807, 2.05) is 32.9 Å². The lowest BCUT2D eigenvalue weighted by Gasteiger charge is -2.30. The third kappa shape index (κ3) is 9.25. The summed E-state index contributed by atoms with van der Waals surface area (Å²) >= 11 is 0. The van der Waals surface area contributed by atoms with Gasteiger partial charge in [-0.3, -0.25) is 9.69 Å². The molecule has 0 amide bonds. The number of nitrogens with zero attached hydrogens (tertiary/aromatic N) is 1. The van der Waals surface area contributed by atoms with Crippen LogP contribution in [0.1, 0.15) is 45.7 Å². The van der Waals surface area contributed by atoms with Crippen molar-refractivity contribution in [2.45, 2.75) is 59.4 Å². The van der Waals surface area contributed by atoms with E-state index in [1.54, 1.807) is 0 Å². The Hall–Kier alpha value is -2.17. The number of nitrogens with one attached hydrogen (secondary N) is 1. The van der Waals surface area contributed by atoms with Crippen molar-refractivity contribution in [2.24, 2.45) is 5.92 Å². The van der Waals surface area contributed by atoms with Gasteiger partial charge in [-0.05, 0) is 31.9 Å². The molecule has 2 aromatic carbocycles. The Balaban J connectivity index is 2.18. The van der Waals surface area contributed by atoms with Crippen LogP contribution >= 0.6 is 0 Å². The summed E-state index contributed by atoms with van der Waals surface area (Å²) in [5.41, 5.74) is 1.99. The zero-order chi connectivity index (χ0) is 21.3. The molecule has 0 bridgehead atoms. The number of benzene rings is 2. The standard InChI is InChI=1S/C25H36N2O2/c1-20(2)26-16-23(24(28)29-25(3,4)5)19-27(17-21-12-8-6-9-13-21)18-22-14-10-7-11-15-22/h6-15,20,23,26H,16-19H2,1-5H3. The highest BCUT2D eigenvalue weighted by Gasteiger charge is 2.27. The van der Waals surface area contributed by atoms with E-state index in [0.717, 1.165) is 13.1 Å². The molecule has 0 fully saturated rings. The van der Waals surface area contributed by atoms with Gasteiger partial charge in [-0.2, -0.15) is 0 Å². The van der Waals surface area contributed by atoms with Gasteiger partial charge < -0.3 is 10.1 Å². The Morgan fingerprint density at radius 3 is 1.83 bits per heavy atom. The second-order valence-corrected chi connectivity index (χ2v) is 8.93. The first-order valence-electron chi connectivity index (χ1n) is 10.5. The highest BCUT2D eigenvalue weighted by molar-refractivity contribution is 5.73. The average Bonchev–Trinajstić information content (AvgIpc) is 2.65. The van der Waals surface area contributed by atoms with Crippen LogP contribution in [0.2, 0.25) is 0 Å². The van der Waals surface area contributed by atoms with E-state index in [1.165, 1.54) is 11.1 Å². The SMILES string of the molecule is CC(C)NCC(CN(Cc1ccccc1)Cc1ccccc1)C(=O)OC(C)(C)C. The molecule has 4 nitrogen and oxygen atoms in total. The van der Waals surface area contributed by atoms with Gasteiger partial charge in [0.2, 0.25) is 0 Å². The number of hydrogen-bond acceptors (Lipinski definition) is 4. The minimum Gasteiger partial charge on any atom is -0.460 e. The molecule has 0 spiro atoms. The van der Waals surface area contributed by atoms with Gasteiger partial charge >= 0.3 is 5.97 Å². The summed E-state index contributed by atoms with van der Waals surface area (Å²) in [7, 11) is 0. The molecule has 1 N–H and O–H groups in total. The Kier molecular flexibility index (Phi) is 8.87. The van der Waals surface area contributed by atoms with Crippen molar-refractivity contribution < 1.29 is 9.53 Å². The molecule has 0 saturated heterocycles. The number of esters is 1. The maximum atomic E-state index is 12.9. The second-order valence-electron chi connectivity index (χ2n) is 8.93. The van der Waals surface area contributed by atoms with E-state index < -0.39 is 5.60 Å². The van der Waals surface area contributed by atoms with E-state index in [-0.39, 0.29) is 11.9 Å². The quantitative estimate of drug-likeness (QED) is 0.594. The fourth-order valence-corrected chi connectivity index (χ4v) is 3.17. The fraction of sp³-hybridized carbons (Fsp3) is 0.480. The summed E-state index contributed by atoms with van der Waals surface area (Å²) in [5.74, 6) is -0.374. The maximum Gasteiger partial charge on any atom is 0.312 e. The molecule has 0 radical (unpaired) electrons. The van der Waals surface area contributed by atoms with Gasteiger partial charge in [0.1, 0.15) is 5.60 Å². The topological polar surface area (TPSA) is 41.6 Å². The van der Waals surface area contributed by atoms with E-state index >= 15 is 0 Å². The molecule has 29 heavy (non-hydrogen) atoms. The normalized spacial score (nSPS) is 12.9. The molecule has 0 aliphatic heterocycles. The smallest absolute Gasteiger partial charge is 0.312 e. The van der Waals surface area contributed by atoms with Crippen molar-refractivity contribution in [2.75, 3.05) is 13.1 Å². The second kappa shape index (κ2) is 11.1. The van der Waals surface area contributed by atoms with Gasteiger partial charge in [0.05, 0.1) is 5.92 Å². The molecule has 1 atom stereocenters. The number of rotatable bonds is 10. The van der Waals surface area contributed by atoms with Crippen LogP contribution in [0.25, 0.3) is 0 Å². The van der Waals surface area contributed by atoms with Crippen molar-refractivity contribution in [3.63, 3.8) is 0 Å². The fourth-order valence-electron chi connectivity index (χ4n) is 3.17. The van der Waals surface area contributed by atoms with Crippen LogP contribution in [-0.4, -0.2) is 35.6 Å². The Morgan fingerprint density at radius 1 is 0.931 bits per heavy atom. The molecule has 2 aromatic rings. The largest absolute Gasteiger partial charge is 0.460 e. The number of carbonyl (C=O) groups excluding carboxylic acids is 1. The third-order valence-corrected chi connectivity index (χ3v) is 4.49. The van der Waals surface area contributed by atoms with Gasteiger partial charge in [0, 0.05) is 32.2 Å². The predicted molar refractivity (Wildman–Crippen MR) is 119 cm³/mol. The van der Waals surface area contributed by atoms with Crippen LogP contribution in [0, 0.1) is 5.92 Å². The molecule has 1 unspecified atom stereocenters. The van der Waals surface area contributed by atoms with E-state index in [9.17, 15) is 4.79 Å². The van der Waals surface area contributed by atoms with Crippen LogP contribution < -0.4 is 5.32 Å². The minimum absolute atomic E-state index is 0.142. The lowest BCUT2D eigenvalue weighted by Crippen LogP contribution is -2.42. The lowest BCUT2D eigenvalue weighted by molar-refractivity contribution is -0.160. The molecule has 4 heteroatoms. The van der Waals surface area contributed by atoms with Gasteiger partial charge in [0.15, 0.2) is 0 Å². The molecule has 2 rings (SSSR count). The summed E-state index contributed by atoms with van der Waals surface area (Å²) < 4.78 is 5.73. The molecule has 0 aliphatic rings. The first-order valence-corrected chi connectivity index (χ1v) is 10.5. The van der Waals surface area contributed by atoms with Crippen LogP contribution in [0.5, 0.6) is 0 Å². The van der Waals surface area contributed by atoms with Crippen molar-refractivity contribution in [1.29, 1.82) is 0 Å². The minimum atomic E-state index is -0.489. The van der Waals surface area contributed by atoms with Gasteiger partial charge in [-0.15, -0.1) is 0 Å². The Morgan fingerprint density at radius 2 is 1.41 bits per heavy atom. The molecule has 0 heterocycles. The molecule has 0 aromatic heterocycles. The van der Waals surface area contributed by atoms with Gasteiger partial charge in [-0.25, -0.2) is 0 Å². The third-order valence-electron chi connectivity index (χ3n) is 4.49. The molecular weight excluding hydrogens is 360 g/mol. The number of hydrogen-bond donors (Lipinski definition) is 1. The zero-order valence-electron chi connectivity index (χ0n) is 18.5. The number of ether oxygens (including phenoxy) is 1. The summed E-state index contributed by atoms with van der Waals surface area (Å²) in [4.78, 5) is 15.3. The van der Waals surface area contributed by atoms with E-state index in [0.29, 0.717) is 19.1 Å². The van der Waals surface area contributed by atoms with E-state index in [2.05, 4.69) is 72.6 Å². The first-order chi connectivity index (χ1) is 13.7. The predicted octanol–water partition coefficient (Wildman–Crippen LogP) is 4.64. The average molecular weight is 397 g/mol. The van der Waals surface area contributed by atoms with Gasteiger partial charge in [0.25, 0.3) is 0 Å². The van der Waals surface area contributed by atoms with Crippen molar-refractivity contribution in [3.8, 4) is 0 Å². The van der Waals surface area contributed by atoms with Crippen LogP contribution in [0.3, 0.4) is 0 Å². The van der Waals surface area contributed by atoms with Crippen molar-refractivity contribution >= 4 is 5.97 Å². The van der Waals surface area contributed by atoms with Crippen LogP contribution in [0.4, 0.5) is 0 Å². The van der Waals surface area contributed by atoms with Crippen LogP contribution in [-0.2, 0) is 22.6 Å². The maximum absolute atomic E-state index is 12.9. The van der Waals surface area contributed by atoms with Gasteiger partial charge in [-0.1, -0.05) is 74.5 Å². The highest BCUT2D eigenvalue weighted by atomic mass is 16.6. The van der Waals surface area contributed by atoms with Crippen LogP contribution in [0.15, 0.2) is 60.7 Å². The van der Waals surface area contributed by atoms with Crippen molar-refractivity contribution in [1.82, 2.24) is 10.2 Å². The van der Waals surface area contributed by atoms with Crippen molar-refractivity contribution in [3.05, 3.63) is 71.8 Å². The summed E-state index contributed by atoms with van der Waals surface area (Å²) in [5, 5.41) is 3.42. The highest BCUT2D eigenvalue weighted by Crippen LogP contribution is 2.16. The molecule has 0 aliphatic carbocycles. The summed E-state index contributed by atoms with van der Waals surface area (Å²) in [6.45, 7) is 12.8. The zero-order valence-corrected chi connectivity index (χ0v) is 18.5. The monoisotopic (exact) mass is 396 g/mol. The van der Waals surface area contributed by atoms with E-state index in [4.69, 9.17) is 4.74 Å². The lowest BCUT2D eigenvalue weighted by atomic mass is 10.1. The molecule has 0 saturated carbocycles. The number of carbonyl (C=O) groups is 1. The molecular formula is C25H36N2O2.